The molecule has 5 nitrogen and oxygen atoms in total. The Kier molecular flexibility index (Phi) is 4.20. The summed E-state index contributed by atoms with van der Waals surface area (Å²) in [6.07, 6.45) is 5.09. The minimum atomic E-state index is -0.474. The first-order valence-corrected chi connectivity index (χ1v) is 6.62. The van der Waals surface area contributed by atoms with E-state index in [9.17, 15) is 4.79 Å². The monoisotopic (exact) mass is 294 g/mol. The fourth-order valence-corrected chi connectivity index (χ4v) is 2.29. The molecule has 0 aliphatic heterocycles. The SMILES string of the molecule is C#CCNC(=O)C(C)Nc1c(Cl)ccc2nsnc12. The normalized spacial score (nSPS) is 11.8. The second-order valence-electron chi connectivity index (χ2n) is 3.84. The van der Waals surface area contributed by atoms with E-state index in [1.165, 1.54) is 0 Å². The zero-order valence-electron chi connectivity index (χ0n) is 10.1. The average molecular weight is 295 g/mol. The van der Waals surface area contributed by atoms with Crippen LogP contribution in [0, 0.1) is 12.3 Å². The molecule has 7 heteroatoms. The van der Waals surface area contributed by atoms with E-state index in [1.54, 1.807) is 19.1 Å². The van der Waals surface area contributed by atoms with Crippen molar-refractivity contribution in [3.05, 3.63) is 17.2 Å². The van der Waals surface area contributed by atoms with Gasteiger partial charge < -0.3 is 10.6 Å². The largest absolute Gasteiger partial charge is 0.371 e. The molecule has 19 heavy (non-hydrogen) atoms. The highest BCUT2D eigenvalue weighted by molar-refractivity contribution is 7.00. The second kappa shape index (κ2) is 5.87. The summed E-state index contributed by atoms with van der Waals surface area (Å²) in [5.41, 5.74) is 2.01. The summed E-state index contributed by atoms with van der Waals surface area (Å²) in [4.78, 5) is 11.7. The molecule has 0 bridgehead atoms. The van der Waals surface area contributed by atoms with E-state index in [4.69, 9.17) is 18.0 Å². The number of nitrogens with zero attached hydrogens (tertiary/aromatic N) is 2. The Balaban J connectivity index is 2.21. The van der Waals surface area contributed by atoms with Gasteiger partial charge in [-0.15, -0.1) is 6.42 Å². The highest BCUT2D eigenvalue weighted by Crippen LogP contribution is 2.30. The molecule has 2 rings (SSSR count). The van der Waals surface area contributed by atoms with Gasteiger partial charge in [0.15, 0.2) is 0 Å². The van der Waals surface area contributed by atoms with E-state index in [1.807, 2.05) is 0 Å². The lowest BCUT2D eigenvalue weighted by Gasteiger charge is -2.15. The Bertz CT molecular complexity index is 649. The van der Waals surface area contributed by atoms with Gasteiger partial charge in [0.05, 0.1) is 29.0 Å². The number of benzene rings is 1. The molecule has 0 fully saturated rings. The number of carbonyl (C=O) groups excluding carboxylic acids is 1. The van der Waals surface area contributed by atoms with Crippen LogP contribution in [0.1, 0.15) is 6.92 Å². The zero-order valence-corrected chi connectivity index (χ0v) is 11.7. The predicted octanol–water partition coefficient (Wildman–Crippen LogP) is 1.89. The number of amides is 1. The number of carbonyl (C=O) groups is 1. The lowest BCUT2D eigenvalue weighted by molar-refractivity contribution is -0.121. The van der Waals surface area contributed by atoms with Crippen LogP contribution in [-0.4, -0.2) is 27.2 Å². The number of fused-ring (bicyclic) bond motifs is 1. The molecule has 1 unspecified atom stereocenters. The summed E-state index contributed by atoms with van der Waals surface area (Å²) in [5, 5.41) is 6.14. The molecular weight excluding hydrogens is 284 g/mol. The summed E-state index contributed by atoms with van der Waals surface area (Å²) in [6, 6.07) is 3.04. The molecule has 0 spiro atoms. The molecule has 2 N–H and O–H groups in total. The topological polar surface area (TPSA) is 66.9 Å². The highest BCUT2D eigenvalue weighted by atomic mass is 35.5. The minimum Gasteiger partial charge on any atom is -0.371 e. The molecule has 2 aromatic rings. The van der Waals surface area contributed by atoms with Crippen molar-refractivity contribution in [1.29, 1.82) is 0 Å². The molecular formula is C12H11ClN4OS. The van der Waals surface area contributed by atoms with Crippen LogP contribution in [0.15, 0.2) is 12.1 Å². The third-order valence-electron chi connectivity index (χ3n) is 2.50. The Hall–Kier alpha value is -1.84. The number of terminal acetylenes is 1. The lowest BCUT2D eigenvalue weighted by Crippen LogP contribution is -2.37. The van der Waals surface area contributed by atoms with Gasteiger partial charge in [-0.2, -0.15) is 8.75 Å². The van der Waals surface area contributed by atoms with Crippen molar-refractivity contribution in [1.82, 2.24) is 14.1 Å². The number of rotatable bonds is 4. The summed E-state index contributed by atoms with van der Waals surface area (Å²) in [6.45, 7) is 1.92. The van der Waals surface area contributed by atoms with E-state index in [0.29, 0.717) is 16.2 Å². The molecule has 1 atom stereocenters. The van der Waals surface area contributed by atoms with Crippen LogP contribution in [-0.2, 0) is 4.79 Å². The Morgan fingerprint density at radius 3 is 3.11 bits per heavy atom. The van der Waals surface area contributed by atoms with Crippen LogP contribution < -0.4 is 10.6 Å². The molecule has 0 aliphatic rings. The van der Waals surface area contributed by atoms with Gasteiger partial charge in [-0.3, -0.25) is 4.79 Å². The minimum absolute atomic E-state index is 0.195. The van der Waals surface area contributed by atoms with Gasteiger partial charge >= 0.3 is 0 Å². The highest BCUT2D eigenvalue weighted by Gasteiger charge is 2.16. The zero-order chi connectivity index (χ0) is 13.8. The first kappa shape index (κ1) is 13.6. The Morgan fingerprint density at radius 2 is 2.37 bits per heavy atom. The van der Waals surface area contributed by atoms with E-state index in [0.717, 1.165) is 17.2 Å². The lowest BCUT2D eigenvalue weighted by atomic mass is 10.2. The van der Waals surface area contributed by atoms with Gasteiger partial charge in [0.1, 0.15) is 17.1 Å². The molecule has 0 saturated heterocycles. The smallest absolute Gasteiger partial charge is 0.242 e. The molecule has 1 aromatic carbocycles. The van der Waals surface area contributed by atoms with Crippen LogP contribution in [0.25, 0.3) is 11.0 Å². The van der Waals surface area contributed by atoms with E-state index < -0.39 is 6.04 Å². The summed E-state index contributed by atoms with van der Waals surface area (Å²) in [5.74, 6) is 2.15. The van der Waals surface area contributed by atoms with Gasteiger partial charge in [0.2, 0.25) is 5.91 Å². The third kappa shape index (κ3) is 2.95. The van der Waals surface area contributed by atoms with Crippen LogP contribution >= 0.6 is 23.3 Å². The fourth-order valence-electron chi connectivity index (χ4n) is 1.54. The molecule has 1 heterocycles. The number of hydrogen-bond acceptors (Lipinski definition) is 5. The van der Waals surface area contributed by atoms with Crippen molar-refractivity contribution < 1.29 is 4.79 Å². The molecule has 0 radical (unpaired) electrons. The maximum Gasteiger partial charge on any atom is 0.242 e. The summed E-state index contributed by atoms with van der Waals surface area (Å²) >= 11 is 7.22. The first-order chi connectivity index (χ1) is 9.13. The average Bonchev–Trinajstić information content (AvgIpc) is 2.87. The van der Waals surface area contributed by atoms with Crippen molar-refractivity contribution in [2.75, 3.05) is 11.9 Å². The van der Waals surface area contributed by atoms with Crippen molar-refractivity contribution in [3.8, 4) is 12.3 Å². The van der Waals surface area contributed by atoms with E-state index in [-0.39, 0.29) is 12.5 Å². The molecule has 0 saturated carbocycles. The van der Waals surface area contributed by atoms with Crippen LogP contribution in [0.2, 0.25) is 5.02 Å². The van der Waals surface area contributed by atoms with Gasteiger partial charge in [-0.05, 0) is 19.1 Å². The summed E-state index contributed by atoms with van der Waals surface area (Å²) in [7, 11) is 0. The van der Waals surface area contributed by atoms with E-state index >= 15 is 0 Å². The second-order valence-corrected chi connectivity index (χ2v) is 4.78. The standard InChI is InChI=1S/C12H11ClN4OS/c1-3-6-14-12(18)7(2)15-10-8(13)4-5-9-11(10)17-19-16-9/h1,4-5,7,15H,6H2,2H3,(H,14,18). The van der Waals surface area contributed by atoms with Gasteiger partial charge in [0, 0.05) is 0 Å². The molecule has 1 aromatic heterocycles. The number of nitrogens with one attached hydrogen (secondary N) is 2. The number of halogens is 1. The quantitative estimate of drug-likeness (QED) is 0.845. The molecule has 0 aliphatic carbocycles. The van der Waals surface area contributed by atoms with Crippen LogP contribution in [0.3, 0.4) is 0 Å². The van der Waals surface area contributed by atoms with Crippen molar-refractivity contribution in [3.63, 3.8) is 0 Å². The molecule has 1 amide bonds. The van der Waals surface area contributed by atoms with Crippen LogP contribution in [0.5, 0.6) is 0 Å². The third-order valence-corrected chi connectivity index (χ3v) is 3.35. The van der Waals surface area contributed by atoms with Crippen molar-refractivity contribution in [2.24, 2.45) is 0 Å². The first-order valence-electron chi connectivity index (χ1n) is 5.52. The predicted molar refractivity (Wildman–Crippen MR) is 77.4 cm³/mol. The van der Waals surface area contributed by atoms with Gasteiger partial charge in [-0.25, -0.2) is 0 Å². The van der Waals surface area contributed by atoms with E-state index in [2.05, 4.69) is 25.3 Å². The number of aromatic nitrogens is 2. The van der Waals surface area contributed by atoms with Crippen LogP contribution in [0.4, 0.5) is 5.69 Å². The van der Waals surface area contributed by atoms with Crippen molar-refractivity contribution in [2.45, 2.75) is 13.0 Å². The Morgan fingerprint density at radius 1 is 1.58 bits per heavy atom. The maximum absolute atomic E-state index is 11.7. The van der Waals surface area contributed by atoms with Gasteiger partial charge in [-0.1, -0.05) is 17.5 Å². The Labute approximate surface area is 119 Å². The fraction of sp³-hybridized carbons (Fsp3) is 0.250. The number of hydrogen-bond donors (Lipinski definition) is 2. The molecule has 98 valence electrons. The van der Waals surface area contributed by atoms with Gasteiger partial charge in [0.25, 0.3) is 0 Å². The maximum atomic E-state index is 11.7. The number of anilines is 1. The van der Waals surface area contributed by atoms with Crippen molar-refractivity contribution >= 4 is 46.0 Å². The summed E-state index contributed by atoms with van der Waals surface area (Å²) < 4.78 is 8.30.